The van der Waals surface area contributed by atoms with Crippen molar-refractivity contribution < 1.29 is 19.1 Å². The number of nitrogens with one attached hydrogen (secondary N) is 2. The van der Waals surface area contributed by atoms with Crippen LogP contribution in [0, 0.1) is 0 Å². The first kappa shape index (κ1) is 24.5. The number of carbonyl (C=O) groups excluding carboxylic acids is 3. The smallest absolute Gasteiger partial charge is 0.337 e. The van der Waals surface area contributed by atoms with Crippen LogP contribution in [-0.2, 0) is 4.74 Å². The maximum Gasteiger partial charge on any atom is 0.337 e. The van der Waals surface area contributed by atoms with Crippen LogP contribution in [0.3, 0.4) is 0 Å². The van der Waals surface area contributed by atoms with Gasteiger partial charge >= 0.3 is 5.97 Å². The van der Waals surface area contributed by atoms with Gasteiger partial charge in [-0.2, -0.15) is 0 Å². The molecule has 2 aromatic carbocycles. The molecule has 35 heavy (non-hydrogen) atoms. The average molecular weight is 477 g/mol. The van der Waals surface area contributed by atoms with Crippen molar-refractivity contribution in [2.45, 2.75) is 31.7 Å². The lowest BCUT2D eigenvalue weighted by Crippen LogP contribution is -2.51. The summed E-state index contributed by atoms with van der Waals surface area (Å²) in [5, 5.41) is 0. The van der Waals surface area contributed by atoms with Gasteiger partial charge in [-0.3, -0.25) is 25.3 Å². The molecule has 184 valence electrons. The Morgan fingerprint density at radius 2 is 1.46 bits per heavy atom. The first-order valence-corrected chi connectivity index (χ1v) is 12.0. The standard InChI is InChI=1S/C27H32N4O4/c1-19-7-13-22(14-8-19)30-15-17-31(18-16-30)24-6-4-3-5-23(24)26(33)29-28-25(32)20-9-11-21(12-10-20)27(34)35-2/h3-6,9-12,22H,1,7-8,13-18H2,2H3,(H,28,32)(H,29,33). The zero-order valence-electron chi connectivity index (χ0n) is 20.1. The second-order valence-corrected chi connectivity index (χ2v) is 9.00. The minimum absolute atomic E-state index is 0.314. The molecule has 8 heteroatoms. The van der Waals surface area contributed by atoms with E-state index in [1.807, 2.05) is 18.2 Å². The van der Waals surface area contributed by atoms with E-state index in [-0.39, 0.29) is 5.91 Å². The zero-order chi connectivity index (χ0) is 24.8. The number of carbonyl (C=O) groups is 3. The first-order valence-electron chi connectivity index (χ1n) is 12.0. The fourth-order valence-electron chi connectivity index (χ4n) is 4.77. The fourth-order valence-corrected chi connectivity index (χ4v) is 4.77. The Balaban J connectivity index is 1.34. The molecule has 4 rings (SSSR count). The summed E-state index contributed by atoms with van der Waals surface area (Å²) in [5.41, 5.74) is 8.36. The zero-order valence-corrected chi connectivity index (χ0v) is 20.1. The number of allylic oxidation sites excluding steroid dienone is 1. The minimum Gasteiger partial charge on any atom is -0.465 e. The van der Waals surface area contributed by atoms with Crippen molar-refractivity contribution in [2.75, 3.05) is 38.2 Å². The van der Waals surface area contributed by atoms with E-state index in [0.29, 0.717) is 22.7 Å². The minimum atomic E-state index is -0.479. The van der Waals surface area contributed by atoms with Crippen LogP contribution in [0.15, 0.2) is 60.7 Å². The third-order valence-electron chi connectivity index (χ3n) is 6.84. The Hall–Kier alpha value is -3.65. The molecule has 2 amide bonds. The molecule has 0 atom stereocenters. The number of hydrogen-bond acceptors (Lipinski definition) is 6. The Bertz CT molecular complexity index is 1080. The highest BCUT2D eigenvalue weighted by Crippen LogP contribution is 2.28. The van der Waals surface area contributed by atoms with Crippen LogP contribution in [0.5, 0.6) is 0 Å². The maximum absolute atomic E-state index is 12.9. The molecule has 1 aliphatic heterocycles. The Labute approximate surface area is 205 Å². The summed E-state index contributed by atoms with van der Waals surface area (Å²) in [5.74, 6) is -1.34. The van der Waals surface area contributed by atoms with Gasteiger partial charge in [0.25, 0.3) is 11.8 Å². The molecule has 2 fully saturated rings. The number of benzene rings is 2. The van der Waals surface area contributed by atoms with Crippen molar-refractivity contribution in [3.63, 3.8) is 0 Å². The monoisotopic (exact) mass is 476 g/mol. The van der Waals surface area contributed by atoms with Gasteiger partial charge < -0.3 is 9.64 Å². The highest BCUT2D eigenvalue weighted by Gasteiger charge is 2.27. The number of piperazine rings is 1. The molecule has 2 N–H and O–H groups in total. The molecule has 0 spiro atoms. The summed E-state index contributed by atoms with van der Waals surface area (Å²) in [6.45, 7) is 7.74. The van der Waals surface area contributed by atoms with Crippen molar-refractivity contribution in [2.24, 2.45) is 0 Å². The third-order valence-corrected chi connectivity index (χ3v) is 6.84. The number of amides is 2. The van der Waals surface area contributed by atoms with Gasteiger partial charge in [-0.1, -0.05) is 24.3 Å². The third kappa shape index (κ3) is 5.89. The van der Waals surface area contributed by atoms with Crippen LogP contribution in [0.1, 0.15) is 56.8 Å². The van der Waals surface area contributed by atoms with Crippen LogP contribution in [0.4, 0.5) is 5.69 Å². The second-order valence-electron chi connectivity index (χ2n) is 9.00. The molecule has 2 aliphatic rings. The number of anilines is 1. The van der Waals surface area contributed by atoms with E-state index in [9.17, 15) is 14.4 Å². The Morgan fingerprint density at radius 3 is 2.11 bits per heavy atom. The molecule has 1 saturated heterocycles. The summed E-state index contributed by atoms with van der Waals surface area (Å²) in [6.07, 6.45) is 4.61. The van der Waals surface area contributed by atoms with Gasteiger partial charge in [-0.15, -0.1) is 0 Å². The normalized spacial score (nSPS) is 17.1. The topological polar surface area (TPSA) is 91.0 Å². The van der Waals surface area contributed by atoms with Gasteiger partial charge in [0.15, 0.2) is 0 Å². The lowest BCUT2D eigenvalue weighted by atomic mass is 9.90. The van der Waals surface area contributed by atoms with Crippen molar-refractivity contribution >= 4 is 23.5 Å². The molecule has 1 heterocycles. The number of hydrazine groups is 1. The number of ether oxygens (including phenoxy) is 1. The molecular formula is C27H32N4O4. The Kier molecular flexibility index (Phi) is 7.82. The van der Waals surface area contributed by atoms with Crippen molar-refractivity contribution in [1.82, 2.24) is 15.8 Å². The molecular weight excluding hydrogens is 444 g/mol. The highest BCUT2D eigenvalue weighted by molar-refractivity contribution is 6.02. The maximum atomic E-state index is 12.9. The summed E-state index contributed by atoms with van der Waals surface area (Å²) >= 11 is 0. The lowest BCUT2D eigenvalue weighted by molar-refractivity contribution is 0.0600. The number of methoxy groups -OCH3 is 1. The second kappa shape index (κ2) is 11.2. The van der Waals surface area contributed by atoms with E-state index < -0.39 is 11.9 Å². The molecule has 0 aromatic heterocycles. The van der Waals surface area contributed by atoms with Gasteiger partial charge in [0.2, 0.25) is 0 Å². The highest BCUT2D eigenvalue weighted by atomic mass is 16.5. The van der Waals surface area contributed by atoms with Gasteiger partial charge in [-0.25, -0.2) is 4.79 Å². The SMILES string of the molecule is C=C1CCC(N2CCN(c3ccccc3C(=O)NNC(=O)c3ccc(C(=O)OC)cc3)CC2)CC1. The number of para-hydroxylation sites is 1. The van der Waals surface area contributed by atoms with E-state index in [1.165, 1.54) is 49.8 Å². The number of nitrogens with zero attached hydrogens (tertiary/aromatic N) is 2. The number of esters is 1. The molecule has 1 aliphatic carbocycles. The summed E-state index contributed by atoms with van der Waals surface area (Å²) < 4.78 is 4.66. The first-order chi connectivity index (χ1) is 17.0. The van der Waals surface area contributed by atoms with Crippen LogP contribution in [0.2, 0.25) is 0 Å². The molecule has 0 radical (unpaired) electrons. The van der Waals surface area contributed by atoms with Gasteiger partial charge in [0.1, 0.15) is 0 Å². The molecule has 0 bridgehead atoms. The molecule has 0 unspecified atom stereocenters. The van der Waals surface area contributed by atoms with Gasteiger partial charge in [0.05, 0.1) is 18.2 Å². The van der Waals surface area contributed by atoms with Gasteiger partial charge in [0, 0.05) is 43.5 Å². The van der Waals surface area contributed by atoms with Crippen LogP contribution in [-0.4, -0.2) is 62.0 Å². The number of hydrogen-bond donors (Lipinski definition) is 2. The number of rotatable bonds is 5. The predicted molar refractivity (Wildman–Crippen MR) is 134 cm³/mol. The van der Waals surface area contributed by atoms with E-state index in [4.69, 9.17) is 0 Å². The van der Waals surface area contributed by atoms with E-state index >= 15 is 0 Å². The summed E-state index contributed by atoms with van der Waals surface area (Å²) in [7, 11) is 1.30. The van der Waals surface area contributed by atoms with Crippen LogP contribution < -0.4 is 15.8 Å². The van der Waals surface area contributed by atoms with E-state index in [1.54, 1.807) is 6.07 Å². The summed E-state index contributed by atoms with van der Waals surface area (Å²) in [4.78, 5) is 41.8. The summed E-state index contributed by atoms with van der Waals surface area (Å²) in [6, 6.07) is 14.1. The van der Waals surface area contributed by atoms with Crippen LogP contribution in [0.25, 0.3) is 0 Å². The van der Waals surface area contributed by atoms with Crippen molar-refractivity contribution in [3.05, 3.63) is 77.4 Å². The predicted octanol–water partition coefficient (Wildman–Crippen LogP) is 3.17. The fraction of sp³-hybridized carbons (Fsp3) is 0.370. The van der Waals surface area contributed by atoms with Crippen molar-refractivity contribution in [1.29, 1.82) is 0 Å². The lowest BCUT2D eigenvalue weighted by Gasteiger charge is -2.42. The van der Waals surface area contributed by atoms with Gasteiger partial charge in [-0.05, 0) is 62.1 Å². The van der Waals surface area contributed by atoms with Crippen molar-refractivity contribution in [3.8, 4) is 0 Å². The Morgan fingerprint density at radius 1 is 0.857 bits per heavy atom. The molecule has 1 saturated carbocycles. The molecule has 2 aromatic rings. The average Bonchev–Trinajstić information content (AvgIpc) is 2.91. The van der Waals surface area contributed by atoms with Crippen LogP contribution >= 0.6 is 0 Å². The van der Waals surface area contributed by atoms with E-state index in [2.05, 4.69) is 32.0 Å². The largest absolute Gasteiger partial charge is 0.465 e. The molecule has 8 nitrogen and oxygen atoms in total. The quantitative estimate of drug-likeness (QED) is 0.391. The van der Waals surface area contributed by atoms with E-state index in [0.717, 1.165) is 44.7 Å².